The Morgan fingerprint density at radius 2 is 2.21 bits per heavy atom. The molecule has 1 saturated heterocycles. The van der Waals surface area contributed by atoms with Crippen LogP contribution in [0.25, 0.3) is 0 Å². The van der Waals surface area contributed by atoms with Crippen LogP contribution in [-0.4, -0.2) is 29.9 Å². The zero-order valence-corrected chi connectivity index (χ0v) is 11.0. The van der Waals surface area contributed by atoms with Crippen molar-refractivity contribution in [1.82, 2.24) is 10.2 Å². The molecule has 1 heterocycles. The molecule has 4 nitrogen and oxygen atoms in total. The zero-order chi connectivity index (χ0) is 13.5. The Morgan fingerprint density at radius 1 is 1.42 bits per heavy atom. The molecule has 1 atom stereocenters. The SMILES string of the molecule is N#CCN(Cc1ccccc1)C(=O)CC1CCCN1. The van der Waals surface area contributed by atoms with Crippen LogP contribution in [0.1, 0.15) is 24.8 Å². The molecule has 19 heavy (non-hydrogen) atoms. The molecule has 1 aliphatic heterocycles. The lowest BCUT2D eigenvalue weighted by molar-refractivity contribution is -0.131. The van der Waals surface area contributed by atoms with E-state index in [0.29, 0.717) is 13.0 Å². The predicted molar refractivity (Wildman–Crippen MR) is 73.1 cm³/mol. The van der Waals surface area contributed by atoms with E-state index in [-0.39, 0.29) is 18.5 Å². The maximum Gasteiger partial charge on any atom is 0.225 e. The van der Waals surface area contributed by atoms with E-state index in [2.05, 4.69) is 11.4 Å². The van der Waals surface area contributed by atoms with Gasteiger partial charge in [-0.2, -0.15) is 5.26 Å². The summed E-state index contributed by atoms with van der Waals surface area (Å²) >= 11 is 0. The fraction of sp³-hybridized carbons (Fsp3) is 0.467. The molecule has 2 rings (SSSR count). The van der Waals surface area contributed by atoms with Crippen molar-refractivity contribution in [3.8, 4) is 6.07 Å². The molecule has 1 N–H and O–H groups in total. The van der Waals surface area contributed by atoms with E-state index in [1.54, 1.807) is 4.90 Å². The molecule has 0 saturated carbocycles. The summed E-state index contributed by atoms with van der Waals surface area (Å²) in [6, 6.07) is 12.2. The highest BCUT2D eigenvalue weighted by Crippen LogP contribution is 2.12. The Kier molecular flexibility index (Phi) is 4.93. The van der Waals surface area contributed by atoms with Gasteiger partial charge in [0, 0.05) is 19.0 Å². The number of nitrogens with one attached hydrogen (secondary N) is 1. The largest absolute Gasteiger partial charge is 0.325 e. The molecule has 0 radical (unpaired) electrons. The van der Waals surface area contributed by atoms with Crippen LogP contribution in [0.3, 0.4) is 0 Å². The Balaban J connectivity index is 1.94. The minimum Gasteiger partial charge on any atom is -0.325 e. The third-order valence-electron chi connectivity index (χ3n) is 3.41. The molecule has 1 aliphatic rings. The Bertz CT molecular complexity index is 446. The van der Waals surface area contributed by atoms with Gasteiger partial charge in [-0.15, -0.1) is 0 Å². The summed E-state index contributed by atoms with van der Waals surface area (Å²) in [6.07, 6.45) is 2.68. The van der Waals surface area contributed by atoms with Crippen molar-refractivity contribution < 1.29 is 4.79 Å². The Labute approximate surface area is 114 Å². The molecule has 1 fully saturated rings. The van der Waals surface area contributed by atoms with E-state index in [0.717, 1.165) is 24.9 Å². The molecular formula is C15H19N3O. The van der Waals surface area contributed by atoms with Crippen LogP contribution < -0.4 is 5.32 Å². The van der Waals surface area contributed by atoms with E-state index in [1.165, 1.54) is 0 Å². The second-order valence-electron chi connectivity index (χ2n) is 4.89. The molecule has 1 unspecified atom stereocenters. The topological polar surface area (TPSA) is 56.1 Å². The van der Waals surface area contributed by atoms with Gasteiger partial charge in [0.05, 0.1) is 6.07 Å². The molecule has 100 valence electrons. The van der Waals surface area contributed by atoms with Crippen LogP contribution >= 0.6 is 0 Å². The number of amides is 1. The molecule has 0 aromatic heterocycles. The lowest BCUT2D eigenvalue weighted by Gasteiger charge is -2.21. The summed E-state index contributed by atoms with van der Waals surface area (Å²) in [7, 11) is 0. The first-order chi connectivity index (χ1) is 9.29. The van der Waals surface area contributed by atoms with Crippen molar-refractivity contribution in [3.05, 3.63) is 35.9 Å². The molecule has 0 spiro atoms. The first-order valence-corrected chi connectivity index (χ1v) is 6.71. The first-order valence-electron chi connectivity index (χ1n) is 6.71. The van der Waals surface area contributed by atoms with E-state index < -0.39 is 0 Å². The maximum absolute atomic E-state index is 12.2. The summed E-state index contributed by atoms with van der Waals surface area (Å²) in [6.45, 7) is 1.66. The maximum atomic E-state index is 12.2. The average molecular weight is 257 g/mol. The molecule has 0 aliphatic carbocycles. The van der Waals surface area contributed by atoms with Crippen molar-refractivity contribution in [2.24, 2.45) is 0 Å². The summed E-state index contributed by atoms with van der Waals surface area (Å²) in [4.78, 5) is 13.9. The number of nitriles is 1. The van der Waals surface area contributed by atoms with Crippen LogP contribution in [0, 0.1) is 11.3 Å². The van der Waals surface area contributed by atoms with Gasteiger partial charge in [-0.3, -0.25) is 4.79 Å². The van der Waals surface area contributed by atoms with Gasteiger partial charge >= 0.3 is 0 Å². The highest BCUT2D eigenvalue weighted by atomic mass is 16.2. The highest BCUT2D eigenvalue weighted by Gasteiger charge is 2.21. The van der Waals surface area contributed by atoms with Gasteiger partial charge in [0.2, 0.25) is 5.91 Å². The minimum atomic E-state index is 0.0600. The fourth-order valence-corrected chi connectivity index (χ4v) is 2.39. The molecule has 1 aromatic rings. The number of carbonyl (C=O) groups is 1. The van der Waals surface area contributed by atoms with Crippen molar-refractivity contribution in [2.45, 2.75) is 31.8 Å². The number of rotatable bonds is 5. The van der Waals surface area contributed by atoms with Gasteiger partial charge < -0.3 is 10.2 Å². The first kappa shape index (κ1) is 13.6. The minimum absolute atomic E-state index is 0.0600. The number of hydrogen-bond acceptors (Lipinski definition) is 3. The standard InChI is InChI=1S/C15H19N3O/c16-8-10-18(12-13-5-2-1-3-6-13)15(19)11-14-7-4-9-17-14/h1-3,5-6,14,17H,4,7,9-12H2. The van der Waals surface area contributed by atoms with E-state index in [9.17, 15) is 4.79 Å². The van der Waals surface area contributed by atoms with Crippen molar-refractivity contribution in [1.29, 1.82) is 5.26 Å². The normalized spacial score (nSPS) is 17.9. The second-order valence-corrected chi connectivity index (χ2v) is 4.89. The molecule has 1 aromatic carbocycles. The van der Waals surface area contributed by atoms with Gasteiger partial charge in [0.1, 0.15) is 6.54 Å². The molecular weight excluding hydrogens is 238 g/mol. The number of carbonyl (C=O) groups excluding carboxylic acids is 1. The van der Waals surface area contributed by atoms with Crippen LogP contribution in [-0.2, 0) is 11.3 Å². The summed E-state index contributed by atoms with van der Waals surface area (Å²) in [5, 5.41) is 12.2. The average Bonchev–Trinajstić information content (AvgIpc) is 2.92. The van der Waals surface area contributed by atoms with E-state index in [1.807, 2.05) is 30.3 Å². The summed E-state index contributed by atoms with van der Waals surface area (Å²) < 4.78 is 0. The van der Waals surface area contributed by atoms with Gasteiger partial charge in [-0.25, -0.2) is 0 Å². The van der Waals surface area contributed by atoms with Gasteiger partial charge in [-0.1, -0.05) is 30.3 Å². The summed E-state index contributed by atoms with van der Waals surface area (Å²) in [5.41, 5.74) is 1.06. The van der Waals surface area contributed by atoms with Crippen LogP contribution in [0.15, 0.2) is 30.3 Å². The summed E-state index contributed by atoms with van der Waals surface area (Å²) in [5.74, 6) is 0.0600. The van der Waals surface area contributed by atoms with Crippen molar-refractivity contribution in [3.63, 3.8) is 0 Å². The second kappa shape index (κ2) is 6.91. The Hall–Kier alpha value is -1.86. The van der Waals surface area contributed by atoms with Crippen LogP contribution in [0.2, 0.25) is 0 Å². The number of benzene rings is 1. The van der Waals surface area contributed by atoms with E-state index >= 15 is 0 Å². The number of hydrogen-bond donors (Lipinski definition) is 1. The van der Waals surface area contributed by atoms with Gasteiger partial charge in [0.15, 0.2) is 0 Å². The van der Waals surface area contributed by atoms with Crippen molar-refractivity contribution in [2.75, 3.05) is 13.1 Å². The molecule has 4 heteroatoms. The van der Waals surface area contributed by atoms with E-state index in [4.69, 9.17) is 5.26 Å². The molecule has 1 amide bonds. The monoisotopic (exact) mass is 257 g/mol. The predicted octanol–water partition coefficient (Wildman–Crippen LogP) is 1.68. The van der Waals surface area contributed by atoms with Crippen LogP contribution in [0.4, 0.5) is 0 Å². The zero-order valence-electron chi connectivity index (χ0n) is 11.0. The highest BCUT2D eigenvalue weighted by molar-refractivity contribution is 5.77. The smallest absolute Gasteiger partial charge is 0.225 e. The fourth-order valence-electron chi connectivity index (χ4n) is 2.39. The van der Waals surface area contributed by atoms with Gasteiger partial charge in [-0.05, 0) is 24.9 Å². The third-order valence-corrected chi connectivity index (χ3v) is 3.41. The lowest BCUT2D eigenvalue weighted by atomic mass is 10.1. The van der Waals surface area contributed by atoms with Crippen molar-refractivity contribution >= 4 is 5.91 Å². The van der Waals surface area contributed by atoms with Gasteiger partial charge in [0.25, 0.3) is 0 Å². The lowest BCUT2D eigenvalue weighted by Crippen LogP contribution is -2.35. The van der Waals surface area contributed by atoms with Crippen LogP contribution in [0.5, 0.6) is 0 Å². The number of nitrogens with zero attached hydrogens (tertiary/aromatic N) is 2. The Morgan fingerprint density at radius 3 is 2.84 bits per heavy atom. The quantitative estimate of drug-likeness (QED) is 0.816. The third kappa shape index (κ3) is 4.08. The molecule has 0 bridgehead atoms.